The van der Waals surface area contributed by atoms with Gasteiger partial charge in [0.05, 0.1) is 23.8 Å². The number of pyridine rings is 1. The fraction of sp³-hybridized carbons (Fsp3) is 0.346. The Morgan fingerprint density at radius 1 is 0.879 bits per heavy atom. The van der Waals surface area contributed by atoms with Crippen molar-refractivity contribution in [3.63, 3.8) is 0 Å². The molecule has 0 aliphatic rings. The van der Waals surface area contributed by atoms with E-state index in [1.54, 1.807) is 0 Å². The Balaban J connectivity index is 1.62. The molecule has 2 atom stereocenters. The van der Waals surface area contributed by atoms with E-state index in [1.807, 2.05) is 66.7 Å². The lowest BCUT2D eigenvalue weighted by atomic mass is 10.0. The van der Waals surface area contributed by atoms with Crippen LogP contribution >= 0.6 is 0 Å². The van der Waals surface area contributed by atoms with Crippen LogP contribution in [-0.4, -0.2) is 35.4 Å². The van der Waals surface area contributed by atoms with Gasteiger partial charge in [-0.25, -0.2) is 0 Å². The molecule has 7 nitrogen and oxygen atoms in total. The largest absolute Gasteiger partial charge is 0.349 e. The maximum atomic E-state index is 13.0. The molecule has 2 aromatic carbocycles. The number of rotatable bonds is 12. The van der Waals surface area contributed by atoms with E-state index in [-0.39, 0.29) is 18.4 Å². The van der Waals surface area contributed by atoms with Crippen molar-refractivity contribution in [1.29, 1.82) is 0 Å². The number of fused-ring (bicyclic) bond motifs is 1. The highest BCUT2D eigenvalue weighted by atomic mass is 16.2. The molecule has 0 saturated carbocycles. The minimum Gasteiger partial charge on any atom is -0.349 e. The van der Waals surface area contributed by atoms with Gasteiger partial charge in [0.15, 0.2) is 0 Å². The fourth-order valence-electron chi connectivity index (χ4n) is 3.65. The summed E-state index contributed by atoms with van der Waals surface area (Å²) in [5, 5.41) is 6.82. The van der Waals surface area contributed by atoms with E-state index in [2.05, 4.69) is 15.6 Å². The fourth-order valence-corrected chi connectivity index (χ4v) is 3.65. The number of carbonyl (C=O) groups is 2. The Labute approximate surface area is 195 Å². The number of para-hydroxylation sites is 1. The lowest BCUT2D eigenvalue weighted by Gasteiger charge is -2.21. The van der Waals surface area contributed by atoms with Crippen LogP contribution in [-0.2, 0) is 22.6 Å². The molecule has 0 radical (unpaired) electrons. The molecule has 0 unspecified atom stereocenters. The highest BCUT2D eigenvalue weighted by Gasteiger charge is 2.23. The van der Waals surface area contributed by atoms with Crippen LogP contribution in [0.25, 0.3) is 10.9 Å². The van der Waals surface area contributed by atoms with Crippen molar-refractivity contribution in [2.75, 3.05) is 6.54 Å². The third-order valence-corrected chi connectivity index (χ3v) is 5.60. The van der Waals surface area contributed by atoms with E-state index in [0.29, 0.717) is 25.8 Å². The molecule has 0 aliphatic carbocycles. The van der Waals surface area contributed by atoms with Crippen LogP contribution in [0.15, 0.2) is 66.7 Å². The second kappa shape index (κ2) is 12.7. The Kier molecular flexibility index (Phi) is 9.35. The number of hydrogen-bond acceptors (Lipinski definition) is 5. The molecule has 3 aromatic rings. The summed E-state index contributed by atoms with van der Waals surface area (Å²) < 4.78 is 0. The molecule has 0 aliphatic heterocycles. The Morgan fingerprint density at radius 3 is 2.42 bits per heavy atom. The Morgan fingerprint density at radius 2 is 1.64 bits per heavy atom. The topological polar surface area (TPSA) is 123 Å². The predicted molar refractivity (Wildman–Crippen MR) is 131 cm³/mol. The van der Waals surface area contributed by atoms with E-state index in [9.17, 15) is 9.59 Å². The van der Waals surface area contributed by atoms with Crippen LogP contribution in [0.5, 0.6) is 0 Å². The first-order valence-corrected chi connectivity index (χ1v) is 11.5. The number of aryl methyl sites for hydroxylation is 1. The van der Waals surface area contributed by atoms with Gasteiger partial charge >= 0.3 is 0 Å². The first-order valence-electron chi connectivity index (χ1n) is 11.5. The molecule has 0 spiro atoms. The lowest BCUT2D eigenvalue weighted by molar-refractivity contribution is -0.130. The van der Waals surface area contributed by atoms with Crippen molar-refractivity contribution in [3.8, 4) is 0 Å². The molecule has 6 N–H and O–H groups in total. The number of aromatic nitrogens is 1. The van der Waals surface area contributed by atoms with E-state index in [4.69, 9.17) is 11.5 Å². The van der Waals surface area contributed by atoms with E-state index in [0.717, 1.165) is 35.0 Å². The minimum atomic E-state index is -0.682. The van der Waals surface area contributed by atoms with Gasteiger partial charge in [0.25, 0.3) is 0 Å². The summed E-state index contributed by atoms with van der Waals surface area (Å²) in [5.74, 6) is -0.563. The second-order valence-corrected chi connectivity index (χ2v) is 8.19. The van der Waals surface area contributed by atoms with Gasteiger partial charge in [-0.15, -0.1) is 0 Å². The number of nitrogens with one attached hydrogen (secondary N) is 2. The number of hydrogen-bond donors (Lipinski definition) is 4. The summed E-state index contributed by atoms with van der Waals surface area (Å²) in [6, 6.07) is 20.3. The molecule has 7 heteroatoms. The zero-order valence-corrected chi connectivity index (χ0v) is 18.9. The summed E-state index contributed by atoms with van der Waals surface area (Å²) in [6.45, 7) is 0.850. The zero-order valence-electron chi connectivity index (χ0n) is 18.9. The predicted octanol–water partition coefficient (Wildman–Crippen LogP) is 2.42. The van der Waals surface area contributed by atoms with E-state index < -0.39 is 12.1 Å². The van der Waals surface area contributed by atoms with Crippen LogP contribution in [0, 0.1) is 0 Å². The second-order valence-electron chi connectivity index (χ2n) is 8.19. The van der Waals surface area contributed by atoms with Crippen molar-refractivity contribution in [1.82, 2.24) is 15.6 Å². The molecular weight excluding hydrogens is 414 g/mol. The summed E-state index contributed by atoms with van der Waals surface area (Å²) >= 11 is 0. The normalized spacial score (nSPS) is 12.8. The maximum Gasteiger partial charge on any atom is 0.242 e. The standard InChI is InChI=1S/C26H33N5O2/c27-17-7-6-11-22(28)25(32)31-24(16-13-19-8-2-1-3-9-19)26(33)29-18-21-15-14-20-10-4-5-12-23(20)30-21/h1-5,8-10,12,14-15,22,24H,6-7,11,13,16-18,27-28H2,(H,29,33)(H,31,32)/t22-,24-/m1/s1. The van der Waals surface area contributed by atoms with Crippen LogP contribution in [0.4, 0.5) is 0 Å². The molecule has 1 aromatic heterocycles. The summed E-state index contributed by atoms with van der Waals surface area (Å²) in [5.41, 5.74) is 14.3. The highest BCUT2D eigenvalue weighted by Crippen LogP contribution is 2.12. The minimum absolute atomic E-state index is 0.247. The van der Waals surface area contributed by atoms with E-state index in [1.165, 1.54) is 0 Å². The average Bonchev–Trinajstić information content (AvgIpc) is 2.85. The van der Waals surface area contributed by atoms with Gasteiger partial charge in [0.2, 0.25) is 11.8 Å². The number of benzene rings is 2. The highest BCUT2D eigenvalue weighted by molar-refractivity contribution is 5.89. The Bertz CT molecular complexity index is 1040. The Hall–Kier alpha value is -3.29. The van der Waals surface area contributed by atoms with Crippen LogP contribution < -0.4 is 22.1 Å². The smallest absolute Gasteiger partial charge is 0.242 e. The SMILES string of the molecule is NCCCC[C@@H](N)C(=O)N[C@H](CCc1ccccc1)C(=O)NCc1ccc2ccccc2n1. The summed E-state index contributed by atoms with van der Waals surface area (Å²) in [7, 11) is 0. The van der Waals surface area contributed by atoms with Crippen LogP contribution in [0.3, 0.4) is 0 Å². The maximum absolute atomic E-state index is 13.0. The van der Waals surface area contributed by atoms with Gasteiger partial charge in [-0.2, -0.15) is 0 Å². The average molecular weight is 448 g/mol. The van der Waals surface area contributed by atoms with Gasteiger partial charge in [0.1, 0.15) is 6.04 Å². The number of amides is 2. The lowest BCUT2D eigenvalue weighted by Crippen LogP contribution is -2.51. The third-order valence-electron chi connectivity index (χ3n) is 5.60. The van der Waals surface area contributed by atoms with E-state index >= 15 is 0 Å². The molecular formula is C26H33N5O2. The third kappa shape index (κ3) is 7.66. The molecule has 3 rings (SSSR count). The number of nitrogens with zero attached hydrogens (tertiary/aromatic N) is 1. The zero-order chi connectivity index (χ0) is 23.5. The van der Waals surface area contributed by atoms with Gasteiger partial charge < -0.3 is 22.1 Å². The number of carbonyl (C=O) groups excluding carboxylic acids is 2. The van der Waals surface area contributed by atoms with Crippen molar-refractivity contribution < 1.29 is 9.59 Å². The molecule has 33 heavy (non-hydrogen) atoms. The molecule has 0 saturated heterocycles. The summed E-state index contributed by atoms with van der Waals surface area (Å²) in [4.78, 5) is 30.2. The number of nitrogens with two attached hydrogens (primary N) is 2. The molecule has 0 fully saturated rings. The van der Waals surface area contributed by atoms with Crippen LogP contribution in [0.2, 0.25) is 0 Å². The van der Waals surface area contributed by atoms with Gasteiger partial charge in [-0.05, 0) is 49.9 Å². The van der Waals surface area contributed by atoms with Gasteiger partial charge in [-0.3, -0.25) is 14.6 Å². The molecule has 0 bridgehead atoms. The van der Waals surface area contributed by atoms with Gasteiger partial charge in [0, 0.05) is 5.39 Å². The first kappa shape index (κ1) is 24.4. The summed E-state index contributed by atoms with van der Waals surface area (Å²) in [6.07, 6.45) is 3.27. The monoisotopic (exact) mass is 447 g/mol. The van der Waals surface area contributed by atoms with Crippen molar-refractivity contribution in [3.05, 3.63) is 78.0 Å². The van der Waals surface area contributed by atoms with Crippen molar-refractivity contribution in [2.45, 2.75) is 50.7 Å². The number of unbranched alkanes of at least 4 members (excludes halogenated alkanes) is 1. The molecule has 2 amide bonds. The molecule has 174 valence electrons. The molecule has 1 heterocycles. The first-order chi connectivity index (χ1) is 16.1. The van der Waals surface area contributed by atoms with Crippen molar-refractivity contribution >= 4 is 22.7 Å². The van der Waals surface area contributed by atoms with Crippen LogP contribution in [0.1, 0.15) is 36.9 Å². The quantitative estimate of drug-likeness (QED) is 0.318. The van der Waals surface area contributed by atoms with Gasteiger partial charge in [-0.1, -0.05) is 61.0 Å². The van der Waals surface area contributed by atoms with Crippen molar-refractivity contribution in [2.24, 2.45) is 11.5 Å².